The number of hydrogen-bond donors (Lipinski definition) is 1. The van der Waals surface area contributed by atoms with Crippen molar-refractivity contribution in [2.45, 2.75) is 51.4 Å². The SMILES string of the molecule is CSCCCCCCNCC1CCCC1. The van der Waals surface area contributed by atoms with Gasteiger partial charge in [-0.1, -0.05) is 25.7 Å². The second-order valence-electron chi connectivity index (χ2n) is 4.76. The molecule has 1 fully saturated rings. The minimum Gasteiger partial charge on any atom is -0.316 e. The summed E-state index contributed by atoms with van der Waals surface area (Å²) in [5.41, 5.74) is 0. The van der Waals surface area contributed by atoms with E-state index in [0.29, 0.717) is 0 Å². The van der Waals surface area contributed by atoms with E-state index in [-0.39, 0.29) is 0 Å². The highest BCUT2D eigenvalue weighted by atomic mass is 32.2. The van der Waals surface area contributed by atoms with Gasteiger partial charge < -0.3 is 5.32 Å². The van der Waals surface area contributed by atoms with E-state index in [2.05, 4.69) is 11.6 Å². The highest BCUT2D eigenvalue weighted by Gasteiger charge is 2.13. The predicted molar refractivity (Wildman–Crippen MR) is 71.7 cm³/mol. The summed E-state index contributed by atoms with van der Waals surface area (Å²) < 4.78 is 0. The molecule has 1 aliphatic rings. The zero-order valence-electron chi connectivity index (χ0n) is 10.3. The Balaban J connectivity index is 1.73. The van der Waals surface area contributed by atoms with Gasteiger partial charge in [-0.15, -0.1) is 0 Å². The molecule has 0 unspecified atom stereocenters. The zero-order chi connectivity index (χ0) is 10.8. The Labute approximate surface area is 99.8 Å². The van der Waals surface area contributed by atoms with Gasteiger partial charge in [-0.05, 0) is 56.7 Å². The van der Waals surface area contributed by atoms with Crippen LogP contribution in [0.15, 0.2) is 0 Å². The summed E-state index contributed by atoms with van der Waals surface area (Å²) in [5.74, 6) is 2.34. The van der Waals surface area contributed by atoms with Crippen molar-refractivity contribution in [2.24, 2.45) is 5.92 Å². The minimum atomic E-state index is 1.00. The van der Waals surface area contributed by atoms with Gasteiger partial charge in [0.05, 0.1) is 0 Å². The molecule has 0 atom stereocenters. The van der Waals surface area contributed by atoms with E-state index in [0.717, 1.165) is 5.92 Å². The van der Waals surface area contributed by atoms with Crippen molar-refractivity contribution < 1.29 is 0 Å². The lowest BCUT2D eigenvalue weighted by Gasteiger charge is -2.10. The summed E-state index contributed by atoms with van der Waals surface area (Å²) in [6.45, 7) is 2.53. The van der Waals surface area contributed by atoms with Crippen LogP contribution in [0.25, 0.3) is 0 Å². The summed E-state index contributed by atoms with van der Waals surface area (Å²) in [5, 5.41) is 3.61. The molecule has 0 spiro atoms. The Morgan fingerprint density at radius 3 is 2.53 bits per heavy atom. The first-order chi connectivity index (χ1) is 7.43. The highest BCUT2D eigenvalue weighted by molar-refractivity contribution is 7.98. The van der Waals surface area contributed by atoms with E-state index in [9.17, 15) is 0 Å². The third-order valence-electron chi connectivity index (χ3n) is 3.36. The number of rotatable bonds is 9. The summed E-state index contributed by atoms with van der Waals surface area (Å²) >= 11 is 1.97. The fourth-order valence-electron chi connectivity index (χ4n) is 2.37. The lowest BCUT2D eigenvalue weighted by molar-refractivity contribution is 0.479. The number of hydrogen-bond acceptors (Lipinski definition) is 2. The maximum absolute atomic E-state index is 3.61. The van der Waals surface area contributed by atoms with Crippen LogP contribution in [-0.4, -0.2) is 25.1 Å². The first-order valence-corrected chi connectivity index (χ1v) is 8.02. The molecule has 0 bridgehead atoms. The molecular formula is C13H27NS. The Morgan fingerprint density at radius 1 is 1.07 bits per heavy atom. The van der Waals surface area contributed by atoms with Gasteiger partial charge in [0.15, 0.2) is 0 Å². The van der Waals surface area contributed by atoms with E-state index in [1.807, 2.05) is 11.8 Å². The molecule has 15 heavy (non-hydrogen) atoms. The fraction of sp³-hybridized carbons (Fsp3) is 1.00. The average Bonchev–Trinajstić information content (AvgIpc) is 2.75. The van der Waals surface area contributed by atoms with Crippen LogP contribution in [0.4, 0.5) is 0 Å². The van der Waals surface area contributed by atoms with Crippen LogP contribution >= 0.6 is 11.8 Å². The standard InChI is InChI=1S/C13H27NS/c1-15-11-7-3-2-6-10-14-12-13-8-4-5-9-13/h13-14H,2-12H2,1H3. The van der Waals surface area contributed by atoms with E-state index >= 15 is 0 Å². The van der Waals surface area contributed by atoms with Crippen molar-refractivity contribution in [3.8, 4) is 0 Å². The van der Waals surface area contributed by atoms with Crippen molar-refractivity contribution in [1.82, 2.24) is 5.32 Å². The molecule has 1 nitrogen and oxygen atoms in total. The molecule has 2 heteroatoms. The number of unbranched alkanes of at least 4 members (excludes halogenated alkanes) is 3. The third-order valence-corrected chi connectivity index (χ3v) is 4.06. The van der Waals surface area contributed by atoms with Crippen LogP contribution in [0.3, 0.4) is 0 Å². The number of thioether (sulfide) groups is 1. The number of nitrogens with one attached hydrogen (secondary N) is 1. The van der Waals surface area contributed by atoms with Gasteiger partial charge in [0.1, 0.15) is 0 Å². The van der Waals surface area contributed by atoms with Crippen molar-refractivity contribution in [2.75, 3.05) is 25.1 Å². The van der Waals surface area contributed by atoms with E-state index in [1.165, 1.54) is 70.2 Å². The van der Waals surface area contributed by atoms with Crippen LogP contribution in [0.1, 0.15) is 51.4 Å². The molecular weight excluding hydrogens is 202 g/mol. The van der Waals surface area contributed by atoms with Crippen molar-refractivity contribution in [3.05, 3.63) is 0 Å². The maximum atomic E-state index is 3.61. The van der Waals surface area contributed by atoms with Gasteiger partial charge in [0.2, 0.25) is 0 Å². The van der Waals surface area contributed by atoms with E-state index in [1.54, 1.807) is 0 Å². The van der Waals surface area contributed by atoms with Crippen LogP contribution in [-0.2, 0) is 0 Å². The third kappa shape index (κ3) is 7.24. The lowest BCUT2D eigenvalue weighted by Crippen LogP contribution is -2.22. The Bertz CT molecular complexity index is 132. The summed E-state index contributed by atoms with van der Waals surface area (Å²) in [7, 11) is 0. The smallest absolute Gasteiger partial charge is 0.00205 e. The van der Waals surface area contributed by atoms with Crippen molar-refractivity contribution in [1.29, 1.82) is 0 Å². The molecule has 0 amide bonds. The summed E-state index contributed by atoms with van der Waals surface area (Å²) in [6.07, 6.45) is 13.7. The minimum absolute atomic E-state index is 1.00. The van der Waals surface area contributed by atoms with Gasteiger partial charge in [-0.3, -0.25) is 0 Å². The second-order valence-corrected chi connectivity index (χ2v) is 5.75. The van der Waals surface area contributed by atoms with Crippen molar-refractivity contribution in [3.63, 3.8) is 0 Å². The van der Waals surface area contributed by atoms with Crippen LogP contribution in [0.5, 0.6) is 0 Å². The molecule has 0 aromatic rings. The lowest BCUT2D eigenvalue weighted by atomic mass is 10.1. The second kappa shape index (κ2) is 9.53. The molecule has 0 radical (unpaired) electrons. The van der Waals surface area contributed by atoms with E-state index < -0.39 is 0 Å². The average molecular weight is 229 g/mol. The molecule has 1 N–H and O–H groups in total. The first-order valence-electron chi connectivity index (χ1n) is 6.63. The Morgan fingerprint density at radius 2 is 1.80 bits per heavy atom. The van der Waals surface area contributed by atoms with Gasteiger partial charge in [0.25, 0.3) is 0 Å². The molecule has 1 aliphatic carbocycles. The van der Waals surface area contributed by atoms with Crippen LogP contribution in [0, 0.1) is 5.92 Å². The molecule has 1 saturated carbocycles. The quantitative estimate of drug-likeness (QED) is 0.605. The van der Waals surface area contributed by atoms with E-state index in [4.69, 9.17) is 0 Å². The predicted octanol–water partition coefficient (Wildman–Crippen LogP) is 3.69. The molecule has 0 saturated heterocycles. The first kappa shape index (κ1) is 13.4. The van der Waals surface area contributed by atoms with Crippen molar-refractivity contribution >= 4 is 11.8 Å². The Kier molecular flexibility index (Phi) is 8.50. The molecule has 0 aliphatic heterocycles. The van der Waals surface area contributed by atoms with Gasteiger partial charge in [-0.2, -0.15) is 11.8 Å². The maximum Gasteiger partial charge on any atom is -0.00205 e. The van der Waals surface area contributed by atoms with Gasteiger partial charge in [0, 0.05) is 0 Å². The largest absolute Gasteiger partial charge is 0.316 e. The van der Waals surface area contributed by atoms with Gasteiger partial charge >= 0.3 is 0 Å². The van der Waals surface area contributed by atoms with Crippen LogP contribution in [0.2, 0.25) is 0 Å². The summed E-state index contributed by atoms with van der Waals surface area (Å²) in [6, 6.07) is 0. The zero-order valence-corrected chi connectivity index (χ0v) is 11.1. The van der Waals surface area contributed by atoms with Gasteiger partial charge in [-0.25, -0.2) is 0 Å². The molecule has 0 aromatic heterocycles. The van der Waals surface area contributed by atoms with Crippen LogP contribution < -0.4 is 5.32 Å². The topological polar surface area (TPSA) is 12.0 Å². The molecule has 0 heterocycles. The summed E-state index contributed by atoms with van der Waals surface area (Å²) in [4.78, 5) is 0. The normalized spacial score (nSPS) is 17.4. The molecule has 1 rings (SSSR count). The Hall–Kier alpha value is 0.310. The monoisotopic (exact) mass is 229 g/mol. The molecule has 90 valence electrons. The molecule has 0 aromatic carbocycles. The highest BCUT2D eigenvalue weighted by Crippen LogP contribution is 2.23. The fourth-order valence-corrected chi connectivity index (χ4v) is 2.86.